The highest BCUT2D eigenvalue weighted by molar-refractivity contribution is 5.80. The van der Waals surface area contributed by atoms with Crippen molar-refractivity contribution in [2.75, 3.05) is 22.6 Å². The molecule has 0 bridgehead atoms. The van der Waals surface area contributed by atoms with E-state index in [9.17, 15) is 4.79 Å². The molecule has 12 heteroatoms. The molecule has 0 aliphatic heterocycles. The number of carbonyl (C=O) groups excluding carboxylic acids is 1. The Morgan fingerprint density at radius 1 is 1.06 bits per heavy atom. The summed E-state index contributed by atoms with van der Waals surface area (Å²) in [6.45, 7) is -0.00308. The minimum absolute atomic E-state index is 0.00308. The van der Waals surface area contributed by atoms with Gasteiger partial charge in [0.1, 0.15) is 17.9 Å². The van der Waals surface area contributed by atoms with E-state index in [-0.39, 0.29) is 6.54 Å². The van der Waals surface area contributed by atoms with E-state index in [1.54, 1.807) is 30.9 Å². The van der Waals surface area contributed by atoms with Crippen LogP contribution in [0, 0.1) is 0 Å². The molecule has 35 heavy (non-hydrogen) atoms. The minimum atomic E-state index is -0.471. The van der Waals surface area contributed by atoms with Gasteiger partial charge in [-0.15, -0.1) is 0 Å². The molecular formula is C23H23N11O. The van der Waals surface area contributed by atoms with Crippen molar-refractivity contribution in [2.45, 2.75) is 6.54 Å². The van der Waals surface area contributed by atoms with E-state index in [0.29, 0.717) is 23.4 Å². The molecule has 1 amide bonds. The molecule has 1 aromatic carbocycles. The maximum Gasteiger partial charge on any atom is 0.239 e. The van der Waals surface area contributed by atoms with Gasteiger partial charge in [0, 0.05) is 32.2 Å². The van der Waals surface area contributed by atoms with E-state index in [0.717, 1.165) is 22.5 Å². The van der Waals surface area contributed by atoms with Crippen molar-refractivity contribution >= 4 is 51.8 Å². The van der Waals surface area contributed by atoms with Gasteiger partial charge in [0.05, 0.1) is 23.8 Å². The first-order chi connectivity index (χ1) is 17.0. The Hall–Kier alpha value is -5.00. The highest BCUT2D eigenvalue weighted by Crippen LogP contribution is 2.27. The van der Waals surface area contributed by atoms with Gasteiger partial charge in [0.2, 0.25) is 17.8 Å². The number of aryl methyl sites for hydroxylation is 1. The summed E-state index contributed by atoms with van der Waals surface area (Å²) in [5, 5.41) is 10.5. The summed E-state index contributed by atoms with van der Waals surface area (Å²) in [4.78, 5) is 31.2. The van der Waals surface area contributed by atoms with Crippen LogP contribution in [0.3, 0.4) is 0 Å². The molecule has 5 rings (SSSR count). The fraction of sp³-hybridized carbons (Fsp3) is 0.130. The molecule has 5 aromatic rings. The van der Waals surface area contributed by atoms with Gasteiger partial charge in [0.25, 0.3) is 0 Å². The number of fused-ring (bicyclic) bond motifs is 1. The zero-order valence-corrected chi connectivity index (χ0v) is 19.1. The van der Waals surface area contributed by atoms with E-state index in [1.807, 2.05) is 60.0 Å². The normalized spacial score (nSPS) is 10.9. The zero-order valence-electron chi connectivity index (χ0n) is 19.1. The first-order valence-corrected chi connectivity index (χ1v) is 10.8. The third kappa shape index (κ3) is 4.71. The number of hydrogen-bond donors (Lipinski definition) is 3. The molecule has 0 radical (unpaired) electrons. The number of hydrogen-bond acceptors (Lipinski definition) is 9. The molecule has 0 fully saturated rings. The van der Waals surface area contributed by atoms with E-state index in [2.05, 4.69) is 30.7 Å². The number of primary amides is 1. The number of benzene rings is 1. The van der Waals surface area contributed by atoms with Crippen LogP contribution in [0.25, 0.3) is 11.2 Å². The van der Waals surface area contributed by atoms with E-state index in [1.165, 1.54) is 4.68 Å². The molecule has 176 valence electrons. The molecule has 4 aromatic heterocycles. The standard InChI is InChI=1S/C23H23N11O/c1-32(20-8-9-25-22(31-20)28-16-11-27-34(13-16)14-19(24)35)17-10-18-21(26-12-17)33(2)23(30-18)29-15-6-4-3-5-7-15/h3-13H,14H2,1-2H3,(H2,24,35)(H,29,30)(H,25,28,31). The van der Waals surface area contributed by atoms with E-state index in [4.69, 9.17) is 10.7 Å². The molecule has 0 unspecified atom stereocenters. The van der Waals surface area contributed by atoms with Gasteiger partial charge < -0.3 is 21.3 Å². The quantitative estimate of drug-likeness (QED) is 0.312. The van der Waals surface area contributed by atoms with Gasteiger partial charge in [-0.25, -0.2) is 15.0 Å². The highest BCUT2D eigenvalue weighted by Gasteiger charge is 2.14. The topological polar surface area (TPSA) is 145 Å². The fourth-order valence-corrected chi connectivity index (χ4v) is 3.54. The van der Waals surface area contributed by atoms with Gasteiger partial charge in [-0.05, 0) is 24.3 Å². The molecule has 0 spiro atoms. The Morgan fingerprint density at radius 2 is 1.89 bits per heavy atom. The van der Waals surface area contributed by atoms with Crippen LogP contribution in [0.15, 0.2) is 67.3 Å². The number of para-hydroxylation sites is 1. The molecule has 0 saturated heterocycles. The Balaban J connectivity index is 1.36. The number of imidazole rings is 1. The number of aromatic nitrogens is 7. The lowest BCUT2D eigenvalue weighted by Gasteiger charge is -2.18. The maximum absolute atomic E-state index is 11.1. The summed E-state index contributed by atoms with van der Waals surface area (Å²) in [5.74, 6) is 1.27. The molecule has 4 N–H and O–H groups in total. The lowest BCUT2D eigenvalue weighted by molar-refractivity contribution is -0.118. The number of carbonyl (C=O) groups is 1. The maximum atomic E-state index is 11.1. The van der Waals surface area contributed by atoms with E-state index < -0.39 is 5.91 Å². The van der Waals surface area contributed by atoms with Crippen molar-refractivity contribution < 1.29 is 4.79 Å². The third-order valence-corrected chi connectivity index (χ3v) is 5.30. The first kappa shape index (κ1) is 21.8. The summed E-state index contributed by atoms with van der Waals surface area (Å²) in [5.41, 5.74) is 9.13. The summed E-state index contributed by atoms with van der Waals surface area (Å²) in [7, 11) is 3.82. The Bertz CT molecular complexity index is 1490. The lowest BCUT2D eigenvalue weighted by Crippen LogP contribution is -2.18. The van der Waals surface area contributed by atoms with Gasteiger partial charge in [-0.2, -0.15) is 10.1 Å². The van der Waals surface area contributed by atoms with Crippen molar-refractivity contribution in [3.63, 3.8) is 0 Å². The second kappa shape index (κ2) is 9.09. The average molecular weight is 470 g/mol. The van der Waals surface area contributed by atoms with Crippen LogP contribution in [0.4, 0.5) is 34.8 Å². The van der Waals surface area contributed by atoms with Crippen LogP contribution < -0.4 is 21.3 Å². The van der Waals surface area contributed by atoms with Crippen LogP contribution in [0.5, 0.6) is 0 Å². The lowest BCUT2D eigenvalue weighted by atomic mass is 10.3. The van der Waals surface area contributed by atoms with Crippen molar-refractivity contribution in [3.8, 4) is 0 Å². The molecule has 0 saturated carbocycles. The van der Waals surface area contributed by atoms with Gasteiger partial charge in [-0.1, -0.05) is 18.2 Å². The molecule has 4 heterocycles. The SMILES string of the molecule is CN(c1cnc2c(c1)nc(Nc1ccccc1)n2C)c1ccnc(Nc2cnn(CC(N)=O)c2)n1. The monoisotopic (exact) mass is 469 g/mol. The molecule has 0 atom stereocenters. The van der Waals surface area contributed by atoms with Gasteiger partial charge in [-0.3, -0.25) is 14.0 Å². The average Bonchev–Trinajstić information content (AvgIpc) is 3.42. The predicted octanol–water partition coefficient (Wildman–Crippen LogP) is 2.70. The summed E-state index contributed by atoms with van der Waals surface area (Å²) in [6, 6.07) is 13.6. The number of nitrogens with one attached hydrogen (secondary N) is 2. The number of pyridine rings is 1. The number of nitrogens with two attached hydrogens (primary N) is 1. The predicted molar refractivity (Wildman–Crippen MR) is 133 cm³/mol. The Kier molecular flexibility index (Phi) is 5.67. The van der Waals surface area contributed by atoms with Gasteiger partial charge in [0.15, 0.2) is 5.65 Å². The number of amides is 1. The smallest absolute Gasteiger partial charge is 0.239 e. The van der Waals surface area contributed by atoms with Crippen molar-refractivity contribution in [1.29, 1.82) is 0 Å². The third-order valence-electron chi connectivity index (χ3n) is 5.30. The number of nitrogens with zero attached hydrogens (tertiary/aromatic N) is 8. The summed E-state index contributed by atoms with van der Waals surface area (Å²) < 4.78 is 3.35. The summed E-state index contributed by atoms with van der Waals surface area (Å²) in [6.07, 6.45) is 6.66. The van der Waals surface area contributed by atoms with E-state index >= 15 is 0 Å². The van der Waals surface area contributed by atoms with Crippen LogP contribution in [0.2, 0.25) is 0 Å². The molecule has 0 aliphatic rings. The molecule has 12 nitrogen and oxygen atoms in total. The molecular weight excluding hydrogens is 446 g/mol. The van der Waals surface area contributed by atoms with Crippen LogP contribution in [0.1, 0.15) is 0 Å². The molecule has 0 aliphatic carbocycles. The number of anilines is 6. The van der Waals surface area contributed by atoms with Crippen molar-refractivity contribution in [3.05, 3.63) is 67.3 Å². The van der Waals surface area contributed by atoms with Gasteiger partial charge >= 0.3 is 0 Å². The Labute approximate surface area is 200 Å². The largest absolute Gasteiger partial charge is 0.368 e. The van der Waals surface area contributed by atoms with Crippen molar-refractivity contribution in [2.24, 2.45) is 12.8 Å². The second-order valence-electron chi connectivity index (χ2n) is 7.84. The fourth-order valence-electron chi connectivity index (χ4n) is 3.54. The van der Waals surface area contributed by atoms with Crippen molar-refractivity contribution in [1.82, 2.24) is 34.3 Å². The summed E-state index contributed by atoms with van der Waals surface area (Å²) >= 11 is 0. The zero-order chi connectivity index (χ0) is 24.4. The van der Waals surface area contributed by atoms with Crippen LogP contribution in [-0.4, -0.2) is 47.2 Å². The Morgan fingerprint density at radius 3 is 2.69 bits per heavy atom. The first-order valence-electron chi connectivity index (χ1n) is 10.8. The second-order valence-corrected chi connectivity index (χ2v) is 7.84. The minimum Gasteiger partial charge on any atom is -0.368 e. The van der Waals surface area contributed by atoms with Crippen LogP contribution in [-0.2, 0) is 18.4 Å². The van der Waals surface area contributed by atoms with Crippen LogP contribution >= 0.6 is 0 Å². The number of rotatable bonds is 8. The highest BCUT2D eigenvalue weighted by atomic mass is 16.1.